The first-order chi connectivity index (χ1) is 16.1. The number of rotatable bonds is 8. The van der Waals surface area contributed by atoms with Gasteiger partial charge in [-0.2, -0.15) is 5.10 Å². The molecule has 4 aromatic rings. The molecule has 3 N–H and O–H groups in total. The van der Waals surface area contributed by atoms with Crippen molar-refractivity contribution in [3.63, 3.8) is 0 Å². The highest BCUT2D eigenvalue weighted by Gasteiger charge is 2.22. The van der Waals surface area contributed by atoms with Crippen LogP contribution in [0.1, 0.15) is 37.8 Å². The molecule has 170 valence electrons. The number of fused-ring (bicyclic) bond motifs is 2. The monoisotopic (exact) mass is 443 g/mol. The van der Waals surface area contributed by atoms with E-state index >= 15 is 0 Å². The van der Waals surface area contributed by atoms with Gasteiger partial charge in [-0.15, -0.1) is 0 Å². The predicted molar refractivity (Wildman–Crippen MR) is 131 cm³/mol. The average Bonchev–Trinajstić information content (AvgIpc) is 3.46. The van der Waals surface area contributed by atoms with Crippen molar-refractivity contribution in [2.24, 2.45) is 5.92 Å². The highest BCUT2D eigenvalue weighted by molar-refractivity contribution is 5.93. The standard InChI is InChI=1S/C25H29N7O/c1-32(2)11-3-4-23(33)17-7-5-16(6-8-17)22-13-20-24(26-15-27-25(20)30-22)29-19-9-10-21-18(12-19)14-28-31-21/h5,9-10,12-15,17H,3-4,6-8,11H2,1-2H3,(H,28,31)(H2,26,27,29,30). The molecular formula is C25H29N7O. The predicted octanol–water partition coefficient (Wildman–Crippen LogP) is 4.67. The number of Topliss-reactive ketones (excluding diaryl/α,β-unsaturated/α-hetero) is 1. The van der Waals surface area contributed by atoms with Gasteiger partial charge in [0.15, 0.2) is 0 Å². The fraction of sp³-hybridized carbons (Fsp3) is 0.360. The summed E-state index contributed by atoms with van der Waals surface area (Å²) in [5.74, 6) is 1.31. The molecular weight excluding hydrogens is 414 g/mol. The highest BCUT2D eigenvalue weighted by atomic mass is 16.1. The van der Waals surface area contributed by atoms with Crippen molar-refractivity contribution in [2.75, 3.05) is 26.0 Å². The first kappa shape index (κ1) is 21.3. The summed E-state index contributed by atoms with van der Waals surface area (Å²) in [7, 11) is 4.09. The van der Waals surface area contributed by atoms with Gasteiger partial charge in [-0.25, -0.2) is 9.97 Å². The van der Waals surface area contributed by atoms with Gasteiger partial charge in [0, 0.05) is 29.1 Å². The van der Waals surface area contributed by atoms with Crippen LogP contribution in [0.2, 0.25) is 0 Å². The van der Waals surface area contributed by atoms with Crippen LogP contribution in [0, 0.1) is 5.92 Å². The Morgan fingerprint density at radius 2 is 2.15 bits per heavy atom. The van der Waals surface area contributed by atoms with E-state index in [-0.39, 0.29) is 5.92 Å². The van der Waals surface area contributed by atoms with Gasteiger partial charge in [0.2, 0.25) is 0 Å². The SMILES string of the molecule is CN(C)CCCC(=O)C1CC=C(c2cc3c(Nc4ccc5[nH]ncc5c4)ncnc3[nH]2)CC1. The van der Waals surface area contributed by atoms with Crippen LogP contribution >= 0.6 is 0 Å². The molecule has 0 aliphatic heterocycles. The van der Waals surface area contributed by atoms with Crippen LogP contribution in [0.3, 0.4) is 0 Å². The van der Waals surface area contributed by atoms with E-state index in [0.717, 1.165) is 71.4 Å². The lowest BCUT2D eigenvalue weighted by molar-refractivity contribution is -0.123. The van der Waals surface area contributed by atoms with E-state index in [1.165, 1.54) is 5.57 Å². The van der Waals surface area contributed by atoms with E-state index in [4.69, 9.17) is 0 Å². The zero-order valence-corrected chi connectivity index (χ0v) is 19.1. The molecule has 33 heavy (non-hydrogen) atoms. The van der Waals surface area contributed by atoms with E-state index in [2.05, 4.69) is 47.5 Å². The molecule has 0 bridgehead atoms. The van der Waals surface area contributed by atoms with Crippen molar-refractivity contribution >= 4 is 44.8 Å². The summed E-state index contributed by atoms with van der Waals surface area (Å²) in [6.45, 7) is 0.960. The number of aromatic amines is 2. The lowest BCUT2D eigenvalue weighted by Gasteiger charge is -2.20. The second-order valence-corrected chi connectivity index (χ2v) is 9.04. The number of carbonyl (C=O) groups excluding carboxylic acids is 1. The summed E-state index contributed by atoms with van der Waals surface area (Å²) in [6, 6.07) is 8.15. The number of anilines is 2. The molecule has 0 amide bonds. The van der Waals surface area contributed by atoms with Crippen LogP contribution in [-0.4, -0.2) is 56.5 Å². The van der Waals surface area contributed by atoms with E-state index in [9.17, 15) is 4.79 Å². The molecule has 1 aromatic carbocycles. The molecule has 8 nitrogen and oxygen atoms in total. The molecule has 8 heteroatoms. The summed E-state index contributed by atoms with van der Waals surface area (Å²) in [6.07, 6.45) is 9.81. The Labute approximate surface area is 192 Å². The fourth-order valence-corrected chi connectivity index (χ4v) is 4.51. The van der Waals surface area contributed by atoms with Gasteiger partial charge >= 0.3 is 0 Å². The van der Waals surface area contributed by atoms with Gasteiger partial charge in [0.1, 0.15) is 23.6 Å². The topological polar surface area (TPSA) is 103 Å². The lowest BCUT2D eigenvalue weighted by atomic mass is 9.84. The van der Waals surface area contributed by atoms with Crippen molar-refractivity contribution in [1.29, 1.82) is 0 Å². The number of hydrogen-bond donors (Lipinski definition) is 3. The third kappa shape index (κ3) is 4.66. The van der Waals surface area contributed by atoms with Crippen LogP contribution < -0.4 is 5.32 Å². The Morgan fingerprint density at radius 1 is 1.24 bits per heavy atom. The Balaban J connectivity index is 1.31. The average molecular weight is 444 g/mol. The summed E-state index contributed by atoms with van der Waals surface area (Å²) in [5.41, 5.74) is 5.04. The van der Waals surface area contributed by atoms with Crippen molar-refractivity contribution in [1.82, 2.24) is 30.0 Å². The molecule has 1 aliphatic carbocycles. The zero-order chi connectivity index (χ0) is 22.8. The third-order valence-electron chi connectivity index (χ3n) is 6.37. The maximum Gasteiger partial charge on any atom is 0.143 e. The van der Waals surface area contributed by atoms with Gasteiger partial charge in [0.25, 0.3) is 0 Å². The molecule has 1 unspecified atom stereocenters. The van der Waals surface area contributed by atoms with Crippen LogP contribution in [0.4, 0.5) is 11.5 Å². The van der Waals surface area contributed by atoms with Crippen LogP contribution in [-0.2, 0) is 4.79 Å². The third-order valence-corrected chi connectivity index (χ3v) is 6.37. The normalized spacial score (nSPS) is 16.5. The van der Waals surface area contributed by atoms with Crippen LogP contribution in [0.25, 0.3) is 27.5 Å². The molecule has 0 fully saturated rings. The minimum absolute atomic E-state index is 0.148. The fourth-order valence-electron chi connectivity index (χ4n) is 4.51. The van der Waals surface area contributed by atoms with Gasteiger partial charge < -0.3 is 15.2 Å². The van der Waals surface area contributed by atoms with Gasteiger partial charge in [0.05, 0.1) is 17.1 Å². The van der Waals surface area contributed by atoms with Crippen molar-refractivity contribution < 1.29 is 4.79 Å². The Morgan fingerprint density at radius 3 is 2.97 bits per heavy atom. The minimum atomic E-state index is 0.148. The van der Waals surface area contributed by atoms with Gasteiger partial charge in [-0.1, -0.05) is 6.08 Å². The molecule has 3 aromatic heterocycles. The Bertz CT molecular complexity index is 1320. The second kappa shape index (κ2) is 9.15. The first-order valence-corrected chi connectivity index (χ1v) is 11.5. The number of ketones is 1. The summed E-state index contributed by atoms with van der Waals surface area (Å²) < 4.78 is 0. The first-order valence-electron chi connectivity index (χ1n) is 11.5. The number of nitrogens with zero attached hydrogens (tertiary/aromatic N) is 4. The summed E-state index contributed by atoms with van der Waals surface area (Å²) in [4.78, 5) is 27.0. The van der Waals surface area contributed by atoms with Crippen LogP contribution in [0.5, 0.6) is 0 Å². The summed E-state index contributed by atoms with van der Waals surface area (Å²) in [5, 5.41) is 12.4. The van der Waals surface area contributed by atoms with E-state index in [0.29, 0.717) is 12.2 Å². The van der Waals surface area contributed by atoms with Crippen LogP contribution in [0.15, 0.2) is 42.9 Å². The minimum Gasteiger partial charge on any atom is -0.340 e. The molecule has 5 rings (SSSR count). The quantitative estimate of drug-likeness (QED) is 0.366. The van der Waals surface area contributed by atoms with Crippen molar-refractivity contribution in [3.05, 3.63) is 48.6 Å². The highest BCUT2D eigenvalue weighted by Crippen LogP contribution is 2.34. The van der Waals surface area contributed by atoms with E-state index < -0.39 is 0 Å². The number of carbonyl (C=O) groups is 1. The maximum absolute atomic E-state index is 12.6. The molecule has 1 atom stereocenters. The number of aromatic nitrogens is 5. The van der Waals surface area contributed by atoms with Gasteiger partial charge in [-0.3, -0.25) is 9.89 Å². The number of H-pyrrole nitrogens is 2. The zero-order valence-electron chi connectivity index (χ0n) is 19.1. The number of benzene rings is 1. The molecule has 0 spiro atoms. The van der Waals surface area contributed by atoms with Crippen molar-refractivity contribution in [2.45, 2.75) is 32.1 Å². The largest absolute Gasteiger partial charge is 0.340 e. The molecule has 3 heterocycles. The second-order valence-electron chi connectivity index (χ2n) is 9.04. The number of hydrogen-bond acceptors (Lipinski definition) is 6. The number of allylic oxidation sites excluding steroid dienone is 2. The Hall–Kier alpha value is -3.52. The van der Waals surface area contributed by atoms with Gasteiger partial charge in [-0.05, 0) is 76.2 Å². The molecule has 0 radical (unpaired) electrons. The van der Waals surface area contributed by atoms with E-state index in [1.54, 1.807) is 12.5 Å². The molecule has 0 saturated carbocycles. The number of nitrogens with one attached hydrogen (secondary N) is 3. The molecule has 1 aliphatic rings. The van der Waals surface area contributed by atoms with Crippen molar-refractivity contribution in [3.8, 4) is 0 Å². The summed E-state index contributed by atoms with van der Waals surface area (Å²) >= 11 is 0. The smallest absolute Gasteiger partial charge is 0.143 e. The Kier molecular flexibility index (Phi) is 5.92. The van der Waals surface area contributed by atoms with E-state index in [1.807, 2.05) is 32.3 Å². The lowest BCUT2D eigenvalue weighted by Crippen LogP contribution is -2.19. The maximum atomic E-state index is 12.6. The molecule has 0 saturated heterocycles.